The lowest BCUT2D eigenvalue weighted by Crippen LogP contribution is -2.16. The van der Waals surface area contributed by atoms with Crippen molar-refractivity contribution in [2.24, 2.45) is 0 Å². The Morgan fingerprint density at radius 3 is 2.47 bits per heavy atom. The topological polar surface area (TPSA) is 0 Å². The highest BCUT2D eigenvalue weighted by Crippen LogP contribution is 2.13. The molecule has 80 valence electrons. The monoisotopic (exact) mass is 346 g/mol. The van der Waals surface area contributed by atoms with Gasteiger partial charge in [0, 0.05) is 14.9 Å². The highest BCUT2D eigenvalue weighted by molar-refractivity contribution is 14.1. The fraction of sp³-hybridized carbons (Fsp3) is 0.333. The predicted octanol–water partition coefficient (Wildman–Crippen LogP) is 3.95. The van der Waals surface area contributed by atoms with E-state index >= 15 is 0 Å². The largest absolute Gasteiger partial charge is 0.175 e. The molecule has 1 rings (SSSR count). The molecule has 0 aliphatic rings. The van der Waals surface area contributed by atoms with E-state index in [-0.39, 0.29) is 0 Å². The van der Waals surface area contributed by atoms with E-state index < -0.39 is 8.07 Å². The van der Waals surface area contributed by atoms with Crippen molar-refractivity contribution < 1.29 is 0 Å². The third kappa shape index (κ3) is 5.09. The minimum atomic E-state index is -1.27. The lowest BCUT2D eigenvalue weighted by atomic mass is 10.1. The summed E-state index contributed by atoms with van der Waals surface area (Å²) in [4.78, 5) is 0. The number of halogens is 1. The fourth-order valence-corrected chi connectivity index (χ4v) is 2.51. The molecule has 15 heavy (non-hydrogen) atoms. The first-order valence-electron chi connectivity index (χ1n) is 4.84. The summed E-state index contributed by atoms with van der Waals surface area (Å²) in [6, 6.07) is 6.40. The summed E-state index contributed by atoms with van der Waals surface area (Å²) < 4.78 is 1.24. The normalized spacial score (nSPS) is 10.7. The van der Waals surface area contributed by atoms with Crippen LogP contribution in [0.1, 0.15) is 11.1 Å². The van der Waals surface area contributed by atoms with Crippen LogP contribution in [-0.4, -0.2) is 8.07 Å². The van der Waals surface area contributed by atoms with Crippen LogP contribution in [0.15, 0.2) is 18.2 Å². The highest BCUT2D eigenvalue weighted by Gasteiger charge is 2.07. The van der Waals surface area contributed by atoms with Crippen molar-refractivity contribution >= 4 is 43.3 Å². The molecule has 0 N–H and O–H groups in total. The standard InChI is InChI=1S/C12H15ISSi/c1-15(2,3)5-4-10-6-11(9-14)8-12(13)7-10/h6-8,14H,9H2,1-3H3. The molecule has 0 nitrogen and oxygen atoms in total. The summed E-state index contributed by atoms with van der Waals surface area (Å²) >= 11 is 6.61. The predicted molar refractivity (Wildman–Crippen MR) is 82.1 cm³/mol. The molecule has 0 aromatic heterocycles. The number of hydrogen-bond acceptors (Lipinski definition) is 1. The Hall–Kier alpha value is 0.0769. The van der Waals surface area contributed by atoms with Gasteiger partial charge in [-0.3, -0.25) is 0 Å². The third-order valence-corrected chi connectivity index (χ3v) is 3.58. The van der Waals surface area contributed by atoms with E-state index in [0.29, 0.717) is 0 Å². The molecule has 0 aliphatic heterocycles. The van der Waals surface area contributed by atoms with Crippen LogP contribution >= 0.6 is 35.2 Å². The molecule has 3 heteroatoms. The van der Waals surface area contributed by atoms with Gasteiger partial charge < -0.3 is 0 Å². The number of rotatable bonds is 1. The zero-order valence-electron chi connectivity index (χ0n) is 9.26. The lowest BCUT2D eigenvalue weighted by Gasteiger charge is -2.04. The van der Waals surface area contributed by atoms with Crippen molar-refractivity contribution in [3.63, 3.8) is 0 Å². The Morgan fingerprint density at radius 2 is 1.93 bits per heavy atom. The molecule has 0 fully saturated rings. The van der Waals surface area contributed by atoms with E-state index in [4.69, 9.17) is 0 Å². The van der Waals surface area contributed by atoms with Crippen LogP contribution < -0.4 is 0 Å². The van der Waals surface area contributed by atoms with Crippen molar-refractivity contribution in [3.05, 3.63) is 32.9 Å². The van der Waals surface area contributed by atoms with E-state index in [0.717, 1.165) is 11.3 Å². The average molecular weight is 346 g/mol. The van der Waals surface area contributed by atoms with Gasteiger partial charge in [0.25, 0.3) is 0 Å². The summed E-state index contributed by atoms with van der Waals surface area (Å²) in [5.41, 5.74) is 5.74. The molecule has 0 heterocycles. The van der Waals surface area contributed by atoms with Crippen LogP contribution in [-0.2, 0) is 5.75 Å². The van der Waals surface area contributed by atoms with Crippen LogP contribution in [0, 0.1) is 15.0 Å². The van der Waals surface area contributed by atoms with Gasteiger partial charge in [-0.1, -0.05) is 25.6 Å². The van der Waals surface area contributed by atoms with Crippen molar-refractivity contribution in [3.8, 4) is 11.5 Å². The van der Waals surface area contributed by atoms with Crippen molar-refractivity contribution in [1.82, 2.24) is 0 Å². The van der Waals surface area contributed by atoms with Gasteiger partial charge in [0.1, 0.15) is 8.07 Å². The molecule has 0 atom stereocenters. The van der Waals surface area contributed by atoms with E-state index in [2.05, 4.69) is 84.5 Å². The quantitative estimate of drug-likeness (QED) is 0.339. The van der Waals surface area contributed by atoms with Gasteiger partial charge in [-0.05, 0) is 46.4 Å². The molecule has 1 aromatic carbocycles. The maximum absolute atomic E-state index is 4.29. The van der Waals surface area contributed by atoms with Crippen molar-refractivity contribution in [2.75, 3.05) is 0 Å². The second kappa shape index (κ2) is 5.42. The zero-order valence-corrected chi connectivity index (χ0v) is 13.3. The Labute approximate surface area is 112 Å². The van der Waals surface area contributed by atoms with E-state index in [9.17, 15) is 0 Å². The molecule has 0 spiro atoms. The number of hydrogen-bond donors (Lipinski definition) is 1. The van der Waals surface area contributed by atoms with Gasteiger partial charge in [0.05, 0.1) is 0 Å². The maximum atomic E-state index is 4.29. The molecule has 0 unspecified atom stereocenters. The molecule has 0 saturated heterocycles. The van der Waals surface area contributed by atoms with Crippen molar-refractivity contribution in [1.29, 1.82) is 0 Å². The second-order valence-electron chi connectivity index (χ2n) is 4.51. The van der Waals surface area contributed by atoms with Gasteiger partial charge in [0.2, 0.25) is 0 Å². The molecular weight excluding hydrogens is 331 g/mol. The molecule has 0 amide bonds. The molecule has 1 aromatic rings. The maximum Gasteiger partial charge on any atom is 0.129 e. The van der Waals surface area contributed by atoms with Crippen LogP contribution in [0.2, 0.25) is 19.6 Å². The minimum absolute atomic E-state index is 0.776. The zero-order chi connectivity index (χ0) is 11.5. The van der Waals surface area contributed by atoms with E-state index in [1.807, 2.05) is 0 Å². The van der Waals surface area contributed by atoms with E-state index in [1.54, 1.807) is 0 Å². The first kappa shape index (κ1) is 13.1. The van der Waals surface area contributed by atoms with Gasteiger partial charge in [-0.2, -0.15) is 12.6 Å². The van der Waals surface area contributed by atoms with E-state index in [1.165, 1.54) is 9.13 Å². The summed E-state index contributed by atoms with van der Waals surface area (Å²) in [6.45, 7) is 6.77. The Kier molecular flexibility index (Phi) is 4.75. The lowest BCUT2D eigenvalue weighted by molar-refractivity contribution is 1.39. The van der Waals surface area contributed by atoms with Crippen LogP contribution in [0.25, 0.3) is 0 Å². The van der Waals surface area contributed by atoms with Gasteiger partial charge >= 0.3 is 0 Å². The molecule has 0 radical (unpaired) electrons. The summed E-state index contributed by atoms with van der Waals surface area (Å²) in [7, 11) is -1.27. The Balaban J connectivity index is 3.04. The third-order valence-electron chi connectivity index (χ3n) is 1.72. The summed E-state index contributed by atoms with van der Waals surface area (Å²) in [5.74, 6) is 4.05. The first-order valence-corrected chi connectivity index (χ1v) is 10.1. The number of thiol groups is 1. The van der Waals surface area contributed by atoms with Crippen LogP contribution in [0.4, 0.5) is 0 Å². The minimum Gasteiger partial charge on any atom is -0.175 e. The van der Waals surface area contributed by atoms with Gasteiger partial charge in [-0.15, -0.1) is 5.54 Å². The number of benzene rings is 1. The van der Waals surface area contributed by atoms with Crippen LogP contribution in [0.3, 0.4) is 0 Å². The fourth-order valence-electron chi connectivity index (χ4n) is 1.07. The van der Waals surface area contributed by atoms with Gasteiger partial charge in [-0.25, -0.2) is 0 Å². The molecular formula is C12H15ISSi. The molecule has 0 bridgehead atoms. The van der Waals surface area contributed by atoms with Crippen LogP contribution in [0.5, 0.6) is 0 Å². The SMILES string of the molecule is C[Si](C)(C)C#Cc1cc(I)cc(CS)c1. The van der Waals surface area contributed by atoms with Crippen molar-refractivity contribution in [2.45, 2.75) is 25.4 Å². The summed E-state index contributed by atoms with van der Waals surface area (Å²) in [5, 5.41) is 0. The highest BCUT2D eigenvalue weighted by atomic mass is 127. The Morgan fingerprint density at radius 1 is 1.27 bits per heavy atom. The second-order valence-corrected chi connectivity index (χ2v) is 10.8. The molecule has 0 aliphatic carbocycles. The first-order chi connectivity index (χ1) is 6.90. The molecule has 0 saturated carbocycles. The van der Waals surface area contributed by atoms with Gasteiger partial charge in [0.15, 0.2) is 0 Å². The smallest absolute Gasteiger partial charge is 0.129 e. The summed E-state index contributed by atoms with van der Waals surface area (Å²) in [6.07, 6.45) is 0. The Bertz CT molecular complexity index is 410. The average Bonchev–Trinajstić information content (AvgIpc) is 2.13.